The van der Waals surface area contributed by atoms with Gasteiger partial charge in [-0.15, -0.1) is 0 Å². The highest BCUT2D eigenvalue weighted by Gasteiger charge is 2.11. The number of fused-ring (bicyclic) bond motifs is 1. The minimum Gasteiger partial charge on any atom is -0.298 e. The number of pyridine rings is 1. The van der Waals surface area contributed by atoms with Crippen LogP contribution in [0.25, 0.3) is 16.9 Å². The van der Waals surface area contributed by atoms with Gasteiger partial charge in [0.05, 0.1) is 5.69 Å². The number of benzene rings is 1. The average Bonchev–Trinajstić information content (AvgIpc) is 2.66. The van der Waals surface area contributed by atoms with Crippen molar-refractivity contribution in [1.82, 2.24) is 9.38 Å². The molecule has 3 aromatic rings. The molecule has 0 aliphatic carbocycles. The summed E-state index contributed by atoms with van der Waals surface area (Å²) >= 11 is 12.1. The quantitative estimate of drug-likeness (QED) is 0.639. The Hall–Kier alpha value is -1.51. The summed E-state index contributed by atoms with van der Waals surface area (Å²) < 4.78 is 1.96. The minimum absolute atomic E-state index is 0.499. The summed E-state index contributed by atoms with van der Waals surface area (Å²) in [6.07, 6.45) is 1.94. The third-order valence-electron chi connectivity index (χ3n) is 2.61. The maximum atomic E-state index is 6.18. The van der Waals surface area contributed by atoms with E-state index in [0.717, 1.165) is 16.9 Å². The third kappa shape index (κ3) is 1.79. The van der Waals surface area contributed by atoms with Crippen molar-refractivity contribution < 1.29 is 0 Å². The number of halogens is 2. The van der Waals surface area contributed by atoms with Gasteiger partial charge in [0, 0.05) is 16.8 Å². The van der Waals surface area contributed by atoms with Gasteiger partial charge < -0.3 is 0 Å². The summed E-state index contributed by atoms with van der Waals surface area (Å²) in [6.45, 7) is 0. The molecule has 0 saturated heterocycles. The molecule has 0 N–H and O–H groups in total. The molecule has 0 saturated carbocycles. The highest BCUT2D eigenvalue weighted by atomic mass is 35.5. The van der Waals surface area contributed by atoms with Crippen molar-refractivity contribution in [3.05, 3.63) is 58.8 Å². The Labute approximate surface area is 108 Å². The molecule has 0 atom stereocenters. The number of aromatic nitrogens is 2. The van der Waals surface area contributed by atoms with Gasteiger partial charge in [-0.05, 0) is 24.3 Å². The van der Waals surface area contributed by atoms with Crippen LogP contribution in [0.15, 0.2) is 48.7 Å². The minimum atomic E-state index is 0.499. The second kappa shape index (κ2) is 4.06. The first kappa shape index (κ1) is 10.6. The lowest BCUT2D eigenvalue weighted by molar-refractivity contribution is 1.19. The molecule has 4 heteroatoms. The first-order chi connectivity index (χ1) is 8.25. The standard InChI is InChI=1S/C13H8Cl2N2/c14-10-6-4-9(5-7-10)12-13(15)16-11-3-1-2-8-17(11)12/h1-8H. The largest absolute Gasteiger partial charge is 0.298 e. The van der Waals surface area contributed by atoms with Gasteiger partial charge in [0.15, 0.2) is 5.15 Å². The Bertz CT molecular complexity index is 671. The van der Waals surface area contributed by atoms with Gasteiger partial charge in [0.25, 0.3) is 0 Å². The molecule has 0 amide bonds. The monoisotopic (exact) mass is 262 g/mol. The van der Waals surface area contributed by atoms with Crippen LogP contribution in [0.2, 0.25) is 10.2 Å². The summed E-state index contributed by atoms with van der Waals surface area (Å²) in [5.41, 5.74) is 2.72. The summed E-state index contributed by atoms with van der Waals surface area (Å²) in [5, 5.41) is 1.21. The second-order valence-electron chi connectivity index (χ2n) is 3.69. The molecule has 0 spiro atoms. The van der Waals surface area contributed by atoms with E-state index in [-0.39, 0.29) is 0 Å². The second-order valence-corrected chi connectivity index (χ2v) is 4.48. The lowest BCUT2D eigenvalue weighted by atomic mass is 10.2. The van der Waals surface area contributed by atoms with E-state index >= 15 is 0 Å². The summed E-state index contributed by atoms with van der Waals surface area (Å²) in [4.78, 5) is 4.31. The molecule has 2 nitrogen and oxygen atoms in total. The van der Waals surface area contributed by atoms with Gasteiger partial charge in [0.2, 0.25) is 0 Å². The highest BCUT2D eigenvalue weighted by Crippen LogP contribution is 2.29. The number of rotatable bonds is 1. The van der Waals surface area contributed by atoms with Crippen LogP contribution in [0.1, 0.15) is 0 Å². The van der Waals surface area contributed by atoms with Crippen molar-refractivity contribution in [2.24, 2.45) is 0 Å². The fourth-order valence-corrected chi connectivity index (χ4v) is 2.25. The first-order valence-electron chi connectivity index (χ1n) is 5.14. The van der Waals surface area contributed by atoms with Crippen molar-refractivity contribution in [3.8, 4) is 11.3 Å². The maximum absolute atomic E-state index is 6.18. The zero-order valence-corrected chi connectivity index (χ0v) is 10.3. The highest BCUT2D eigenvalue weighted by molar-refractivity contribution is 6.32. The van der Waals surface area contributed by atoms with E-state index in [1.165, 1.54) is 0 Å². The van der Waals surface area contributed by atoms with E-state index in [9.17, 15) is 0 Å². The van der Waals surface area contributed by atoms with Gasteiger partial charge in [-0.2, -0.15) is 0 Å². The average molecular weight is 263 g/mol. The van der Waals surface area contributed by atoms with Crippen LogP contribution in [0.5, 0.6) is 0 Å². The molecule has 2 heterocycles. The van der Waals surface area contributed by atoms with Gasteiger partial charge in [-0.25, -0.2) is 4.98 Å². The van der Waals surface area contributed by atoms with Gasteiger partial charge in [0.1, 0.15) is 5.65 Å². The van der Waals surface area contributed by atoms with Crippen molar-refractivity contribution >= 4 is 28.8 Å². The molecular formula is C13H8Cl2N2. The zero-order valence-electron chi connectivity index (χ0n) is 8.77. The lowest BCUT2D eigenvalue weighted by Gasteiger charge is -2.02. The number of imidazole rings is 1. The first-order valence-corrected chi connectivity index (χ1v) is 5.90. The van der Waals surface area contributed by atoms with Gasteiger partial charge in [-0.1, -0.05) is 41.4 Å². The number of hydrogen-bond acceptors (Lipinski definition) is 1. The zero-order chi connectivity index (χ0) is 11.8. The Morgan fingerprint density at radius 1 is 0.941 bits per heavy atom. The Morgan fingerprint density at radius 2 is 1.71 bits per heavy atom. The summed E-state index contributed by atoms with van der Waals surface area (Å²) in [5.74, 6) is 0. The normalized spacial score (nSPS) is 10.9. The fraction of sp³-hybridized carbons (Fsp3) is 0. The van der Waals surface area contributed by atoms with E-state index in [1.54, 1.807) is 0 Å². The van der Waals surface area contributed by atoms with Crippen molar-refractivity contribution in [2.45, 2.75) is 0 Å². The van der Waals surface area contributed by atoms with Crippen molar-refractivity contribution in [3.63, 3.8) is 0 Å². The summed E-state index contributed by atoms with van der Waals surface area (Å²) in [7, 11) is 0. The topological polar surface area (TPSA) is 17.3 Å². The molecule has 1 aromatic carbocycles. The van der Waals surface area contributed by atoms with Crippen LogP contribution < -0.4 is 0 Å². The van der Waals surface area contributed by atoms with Crippen LogP contribution in [0.3, 0.4) is 0 Å². The van der Waals surface area contributed by atoms with E-state index in [0.29, 0.717) is 10.2 Å². The molecule has 0 unspecified atom stereocenters. The Kier molecular flexibility index (Phi) is 2.54. The van der Waals surface area contributed by atoms with Gasteiger partial charge >= 0.3 is 0 Å². The molecule has 3 rings (SSSR count). The predicted molar refractivity (Wildman–Crippen MR) is 70.6 cm³/mol. The van der Waals surface area contributed by atoms with Crippen LogP contribution in [-0.2, 0) is 0 Å². The van der Waals surface area contributed by atoms with E-state index < -0.39 is 0 Å². The maximum Gasteiger partial charge on any atom is 0.156 e. The molecule has 84 valence electrons. The van der Waals surface area contributed by atoms with Crippen molar-refractivity contribution in [2.75, 3.05) is 0 Å². The molecule has 0 bridgehead atoms. The number of hydrogen-bond donors (Lipinski definition) is 0. The van der Waals surface area contributed by atoms with Crippen LogP contribution >= 0.6 is 23.2 Å². The van der Waals surface area contributed by atoms with E-state index in [2.05, 4.69) is 4.98 Å². The van der Waals surface area contributed by atoms with Crippen LogP contribution in [0.4, 0.5) is 0 Å². The van der Waals surface area contributed by atoms with Crippen molar-refractivity contribution in [1.29, 1.82) is 0 Å². The smallest absolute Gasteiger partial charge is 0.156 e. The van der Waals surface area contributed by atoms with Gasteiger partial charge in [-0.3, -0.25) is 4.40 Å². The van der Waals surface area contributed by atoms with E-state index in [1.807, 2.05) is 53.1 Å². The van der Waals surface area contributed by atoms with Crippen LogP contribution in [-0.4, -0.2) is 9.38 Å². The van der Waals surface area contributed by atoms with E-state index in [4.69, 9.17) is 23.2 Å². The molecule has 0 radical (unpaired) electrons. The predicted octanol–water partition coefficient (Wildman–Crippen LogP) is 4.31. The fourth-order valence-electron chi connectivity index (χ4n) is 1.83. The lowest BCUT2D eigenvalue weighted by Crippen LogP contribution is -1.87. The molecule has 0 aliphatic heterocycles. The van der Waals surface area contributed by atoms with Crippen LogP contribution in [0, 0.1) is 0 Å². The molecule has 0 aliphatic rings. The molecule has 0 fully saturated rings. The number of nitrogens with zero attached hydrogens (tertiary/aromatic N) is 2. The Morgan fingerprint density at radius 3 is 2.47 bits per heavy atom. The molecular weight excluding hydrogens is 255 g/mol. The molecule has 17 heavy (non-hydrogen) atoms. The Balaban J connectivity index is 2.29. The SMILES string of the molecule is Clc1ccc(-c2c(Cl)nc3ccccn23)cc1. The third-order valence-corrected chi connectivity index (χ3v) is 3.12. The summed E-state index contributed by atoms with van der Waals surface area (Å²) in [6, 6.07) is 13.4. The molecule has 2 aromatic heterocycles.